The Bertz CT molecular complexity index is 493. The number of anilines is 1. The number of carbonyl (C=O) groups is 1. The van der Waals surface area contributed by atoms with Crippen LogP contribution in [0.5, 0.6) is 0 Å². The normalized spacial score (nSPS) is 21.0. The molecule has 5 heteroatoms. The van der Waals surface area contributed by atoms with Crippen molar-refractivity contribution in [1.82, 2.24) is 10.2 Å². The molecule has 0 aromatic heterocycles. The summed E-state index contributed by atoms with van der Waals surface area (Å²) in [4.78, 5) is 16.8. The third kappa shape index (κ3) is 3.16. The van der Waals surface area contributed by atoms with Crippen LogP contribution < -0.4 is 10.2 Å². The van der Waals surface area contributed by atoms with Gasteiger partial charge < -0.3 is 15.1 Å². The van der Waals surface area contributed by atoms with E-state index in [0.717, 1.165) is 44.3 Å². The Morgan fingerprint density at radius 1 is 1.19 bits per heavy atom. The van der Waals surface area contributed by atoms with Crippen LogP contribution >= 0.6 is 11.6 Å². The van der Waals surface area contributed by atoms with Crippen molar-refractivity contribution in [2.75, 3.05) is 44.2 Å². The van der Waals surface area contributed by atoms with Crippen molar-refractivity contribution in [3.05, 3.63) is 29.3 Å². The van der Waals surface area contributed by atoms with Crippen molar-refractivity contribution in [1.29, 1.82) is 0 Å². The van der Waals surface area contributed by atoms with Gasteiger partial charge in [0.05, 0.1) is 0 Å². The number of rotatable bonds is 3. The summed E-state index contributed by atoms with van der Waals surface area (Å²) in [5.74, 6) is 0.984. The van der Waals surface area contributed by atoms with Gasteiger partial charge in [0, 0.05) is 42.8 Å². The van der Waals surface area contributed by atoms with E-state index in [9.17, 15) is 4.79 Å². The summed E-state index contributed by atoms with van der Waals surface area (Å²) in [5, 5.41) is 4.00. The predicted octanol–water partition coefficient (Wildman–Crippen LogP) is 1.84. The number of halogens is 1. The highest BCUT2D eigenvalue weighted by Gasteiger charge is 2.32. The fraction of sp³-hybridized carbons (Fsp3) is 0.562. The third-order valence-electron chi connectivity index (χ3n) is 4.69. The largest absolute Gasteiger partial charge is 0.368 e. The maximum atomic E-state index is 12.5. The van der Waals surface area contributed by atoms with E-state index in [2.05, 4.69) is 17.1 Å². The van der Waals surface area contributed by atoms with Crippen LogP contribution in [0, 0.1) is 11.8 Å². The molecule has 2 aliphatic heterocycles. The van der Waals surface area contributed by atoms with Crippen molar-refractivity contribution in [2.45, 2.75) is 6.92 Å². The lowest BCUT2D eigenvalue weighted by Crippen LogP contribution is -2.54. The third-order valence-corrected chi connectivity index (χ3v) is 4.94. The average Bonchev–Trinajstić information content (AvgIpc) is 2.46. The molecule has 0 saturated carbocycles. The van der Waals surface area contributed by atoms with E-state index in [4.69, 9.17) is 11.6 Å². The smallest absolute Gasteiger partial charge is 0.225 e. The van der Waals surface area contributed by atoms with Gasteiger partial charge in [-0.3, -0.25) is 4.79 Å². The van der Waals surface area contributed by atoms with Crippen molar-refractivity contribution in [3.63, 3.8) is 0 Å². The van der Waals surface area contributed by atoms with E-state index in [1.165, 1.54) is 5.69 Å². The Balaban J connectivity index is 1.54. The van der Waals surface area contributed by atoms with Gasteiger partial charge >= 0.3 is 0 Å². The number of hydrogen-bond donors (Lipinski definition) is 1. The Hall–Kier alpha value is -1.26. The summed E-state index contributed by atoms with van der Waals surface area (Å²) in [6, 6.07) is 7.92. The maximum absolute atomic E-state index is 12.5. The zero-order chi connectivity index (χ0) is 14.8. The van der Waals surface area contributed by atoms with E-state index in [1.807, 2.05) is 29.2 Å². The number of amides is 1. The maximum Gasteiger partial charge on any atom is 0.225 e. The van der Waals surface area contributed by atoms with Gasteiger partial charge in [-0.05, 0) is 43.3 Å². The Labute approximate surface area is 131 Å². The minimum Gasteiger partial charge on any atom is -0.368 e. The summed E-state index contributed by atoms with van der Waals surface area (Å²) in [5.41, 5.74) is 1.18. The van der Waals surface area contributed by atoms with E-state index < -0.39 is 0 Å². The average molecular weight is 308 g/mol. The molecule has 0 bridgehead atoms. The van der Waals surface area contributed by atoms with Crippen LogP contribution in [-0.2, 0) is 4.79 Å². The van der Waals surface area contributed by atoms with Gasteiger partial charge in [-0.15, -0.1) is 0 Å². The molecular formula is C16H22ClN3O. The monoisotopic (exact) mass is 307 g/mol. The first-order chi connectivity index (χ1) is 10.1. The number of carbonyl (C=O) groups excluding carboxylic acids is 1. The predicted molar refractivity (Wildman–Crippen MR) is 85.8 cm³/mol. The highest BCUT2D eigenvalue weighted by Crippen LogP contribution is 2.22. The van der Waals surface area contributed by atoms with E-state index in [-0.39, 0.29) is 5.92 Å². The van der Waals surface area contributed by atoms with Crippen LogP contribution in [0.1, 0.15) is 6.92 Å². The molecule has 1 amide bonds. The number of hydrogen-bond acceptors (Lipinski definition) is 3. The van der Waals surface area contributed by atoms with Crippen LogP contribution in [0.2, 0.25) is 5.02 Å². The fourth-order valence-electron chi connectivity index (χ4n) is 2.99. The molecule has 4 nitrogen and oxygen atoms in total. The van der Waals surface area contributed by atoms with E-state index in [0.29, 0.717) is 11.8 Å². The summed E-state index contributed by atoms with van der Waals surface area (Å²) >= 11 is 5.92. The lowest BCUT2D eigenvalue weighted by atomic mass is 9.88. The summed E-state index contributed by atoms with van der Waals surface area (Å²) in [7, 11) is 0. The minimum absolute atomic E-state index is 0.147. The molecule has 2 aliphatic rings. The molecule has 3 rings (SSSR count). The quantitative estimate of drug-likeness (QED) is 0.925. The first-order valence-corrected chi connectivity index (χ1v) is 8.03. The first kappa shape index (κ1) is 14.7. The van der Waals surface area contributed by atoms with Crippen LogP contribution in [0.25, 0.3) is 0 Å². The molecule has 1 aromatic rings. The van der Waals surface area contributed by atoms with Crippen LogP contribution in [0.4, 0.5) is 5.69 Å². The summed E-state index contributed by atoms with van der Waals surface area (Å²) in [6.07, 6.45) is 0. The van der Waals surface area contributed by atoms with Gasteiger partial charge in [-0.1, -0.05) is 18.5 Å². The molecule has 1 aromatic carbocycles. The molecule has 2 fully saturated rings. The molecule has 0 aliphatic carbocycles. The molecule has 1 unspecified atom stereocenters. The fourth-order valence-corrected chi connectivity index (χ4v) is 3.12. The van der Waals surface area contributed by atoms with Gasteiger partial charge in [0.25, 0.3) is 0 Å². The van der Waals surface area contributed by atoms with E-state index >= 15 is 0 Å². The standard InChI is InChI=1S/C16H22ClN3O/c1-12(13-10-18-11-13)16(21)20-8-6-19(7-9-20)15-4-2-14(17)3-5-15/h2-5,12-13,18H,6-11H2,1H3. The summed E-state index contributed by atoms with van der Waals surface area (Å²) in [6.45, 7) is 7.44. The number of nitrogens with one attached hydrogen (secondary N) is 1. The molecule has 21 heavy (non-hydrogen) atoms. The molecule has 0 spiro atoms. The van der Waals surface area contributed by atoms with Crippen molar-refractivity contribution >= 4 is 23.2 Å². The van der Waals surface area contributed by atoms with Gasteiger partial charge in [0.2, 0.25) is 5.91 Å². The lowest BCUT2D eigenvalue weighted by Gasteiger charge is -2.40. The molecule has 0 radical (unpaired) electrons. The van der Waals surface area contributed by atoms with Gasteiger partial charge in [0.15, 0.2) is 0 Å². The second kappa shape index (κ2) is 6.24. The molecule has 1 N–H and O–H groups in total. The molecule has 2 heterocycles. The Morgan fingerprint density at radius 2 is 1.81 bits per heavy atom. The zero-order valence-corrected chi connectivity index (χ0v) is 13.1. The number of piperazine rings is 1. The number of nitrogens with zero attached hydrogens (tertiary/aromatic N) is 2. The second-order valence-electron chi connectivity index (χ2n) is 6.00. The summed E-state index contributed by atoms with van der Waals surface area (Å²) < 4.78 is 0. The molecule has 2 saturated heterocycles. The Morgan fingerprint density at radius 3 is 2.33 bits per heavy atom. The van der Waals surface area contributed by atoms with Crippen LogP contribution in [-0.4, -0.2) is 50.1 Å². The topological polar surface area (TPSA) is 35.6 Å². The lowest BCUT2D eigenvalue weighted by molar-refractivity contribution is -0.137. The highest BCUT2D eigenvalue weighted by atomic mass is 35.5. The van der Waals surface area contributed by atoms with Gasteiger partial charge in [-0.2, -0.15) is 0 Å². The van der Waals surface area contributed by atoms with Gasteiger partial charge in [0.1, 0.15) is 0 Å². The minimum atomic E-state index is 0.147. The highest BCUT2D eigenvalue weighted by molar-refractivity contribution is 6.30. The van der Waals surface area contributed by atoms with Crippen molar-refractivity contribution in [2.24, 2.45) is 11.8 Å². The first-order valence-electron chi connectivity index (χ1n) is 7.65. The van der Waals surface area contributed by atoms with Gasteiger partial charge in [-0.25, -0.2) is 0 Å². The molecular weight excluding hydrogens is 286 g/mol. The zero-order valence-electron chi connectivity index (χ0n) is 12.4. The molecule has 114 valence electrons. The van der Waals surface area contributed by atoms with Crippen LogP contribution in [0.3, 0.4) is 0 Å². The molecule has 1 atom stereocenters. The van der Waals surface area contributed by atoms with E-state index in [1.54, 1.807) is 0 Å². The number of benzene rings is 1. The van der Waals surface area contributed by atoms with Crippen LogP contribution in [0.15, 0.2) is 24.3 Å². The SMILES string of the molecule is CC(C(=O)N1CCN(c2ccc(Cl)cc2)CC1)C1CNC1. The van der Waals surface area contributed by atoms with Crippen molar-refractivity contribution < 1.29 is 4.79 Å². The second-order valence-corrected chi connectivity index (χ2v) is 6.43. The Kier molecular flexibility index (Phi) is 4.36. The van der Waals surface area contributed by atoms with Crippen molar-refractivity contribution in [3.8, 4) is 0 Å².